The molecule has 4 nitrogen and oxygen atoms in total. The van der Waals surface area contributed by atoms with E-state index in [4.69, 9.17) is 11.5 Å². The second-order valence-electron chi connectivity index (χ2n) is 5.07. The number of anilines is 2. The van der Waals surface area contributed by atoms with Gasteiger partial charge in [0.2, 0.25) is 6.41 Å². The molecule has 0 fully saturated rings. The molecule has 1 amide bonds. The Kier molecular flexibility index (Phi) is 12.3. The Hall–Kier alpha value is -2.75. The third-order valence-corrected chi connectivity index (χ3v) is 3.01. The molecule has 0 bridgehead atoms. The Balaban J connectivity index is 0.000000390. The smallest absolute Gasteiger partial charge is 0.207 e. The fourth-order valence-electron chi connectivity index (χ4n) is 1.71. The van der Waals surface area contributed by atoms with Gasteiger partial charge in [0.1, 0.15) is 0 Å². The van der Waals surface area contributed by atoms with Crippen LogP contribution in [-0.2, 0) is 17.6 Å². The lowest BCUT2D eigenvalue weighted by Gasteiger charge is -2.00. The number of carbonyl (C=O) groups is 1. The van der Waals surface area contributed by atoms with E-state index in [2.05, 4.69) is 31.0 Å². The first-order valence-corrected chi connectivity index (χ1v) is 8.00. The highest BCUT2D eigenvalue weighted by atomic mass is 16.1. The van der Waals surface area contributed by atoms with Crippen molar-refractivity contribution < 1.29 is 4.79 Å². The topological polar surface area (TPSA) is 81.1 Å². The van der Waals surface area contributed by atoms with Gasteiger partial charge in [0, 0.05) is 17.9 Å². The number of amides is 1. The van der Waals surface area contributed by atoms with E-state index in [0.717, 1.165) is 24.2 Å². The molecule has 0 atom stereocenters. The van der Waals surface area contributed by atoms with Crippen LogP contribution in [0.15, 0.2) is 61.2 Å². The highest BCUT2D eigenvalue weighted by molar-refractivity contribution is 5.46. The summed E-state index contributed by atoms with van der Waals surface area (Å²) in [6.45, 7) is 8.05. The SMILES string of the molecule is C=CC.CCc1ccc(N)cc1.Nc1ccc(CCNC=O)cc1. The third-order valence-electron chi connectivity index (χ3n) is 3.01. The van der Waals surface area contributed by atoms with Gasteiger partial charge < -0.3 is 16.8 Å². The van der Waals surface area contributed by atoms with Crippen LogP contribution in [0.5, 0.6) is 0 Å². The maximum atomic E-state index is 9.92. The van der Waals surface area contributed by atoms with Gasteiger partial charge in [-0.3, -0.25) is 4.79 Å². The van der Waals surface area contributed by atoms with Crippen molar-refractivity contribution in [1.82, 2.24) is 5.32 Å². The summed E-state index contributed by atoms with van der Waals surface area (Å²) in [6.07, 6.45) is 4.39. The van der Waals surface area contributed by atoms with Crippen molar-refractivity contribution in [3.05, 3.63) is 72.3 Å². The summed E-state index contributed by atoms with van der Waals surface area (Å²) in [5, 5.41) is 2.60. The van der Waals surface area contributed by atoms with Crippen molar-refractivity contribution >= 4 is 17.8 Å². The van der Waals surface area contributed by atoms with E-state index in [1.165, 1.54) is 11.1 Å². The Bertz CT molecular complexity index is 562. The molecule has 0 aliphatic carbocycles. The highest BCUT2D eigenvalue weighted by Crippen LogP contribution is 2.05. The van der Waals surface area contributed by atoms with E-state index in [1.807, 2.05) is 43.3 Å². The minimum Gasteiger partial charge on any atom is -0.399 e. The predicted octanol–water partition coefficient (Wildman–Crippen LogP) is 3.58. The Morgan fingerprint density at radius 1 is 0.958 bits per heavy atom. The van der Waals surface area contributed by atoms with Crippen LogP contribution in [0.25, 0.3) is 0 Å². The molecule has 2 rings (SSSR count). The van der Waals surface area contributed by atoms with Gasteiger partial charge in [-0.2, -0.15) is 0 Å². The zero-order valence-electron chi connectivity index (χ0n) is 14.7. The van der Waals surface area contributed by atoms with Gasteiger partial charge in [0.15, 0.2) is 0 Å². The van der Waals surface area contributed by atoms with E-state index < -0.39 is 0 Å². The molecule has 2 aromatic carbocycles. The number of rotatable bonds is 5. The normalized spacial score (nSPS) is 8.75. The maximum Gasteiger partial charge on any atom is 0.207 e. The quantitative estimate of drug-likeness (QED) is 0.340. The summed E-state index contributed by atoms with van der Waals surface area (Å²) < 4.78 is 0. The van der Waals surface area contributed by atoms with Gasteiger partial charge in [0.05, 0.1) is 0 Å². The molecule has 5 N–H and O–H groups in total. The van der Waals surface area contributed by atoms with Crippen molar-refractivity contribution in [2.24, 2.45) is 0 Å². The zero-order valence-corrected chi connectivity index (χ0v) is 14.7. The van der Waals surface area contributed by atoms with Crippen LogP contribution in [0.2, 0.25) is 0 Å². The van der Waals surface area contributed by atoms with Crippen molar-refractivity contribution in [2.45, 2.75) is 26.7 Å². The number of carbonyl (C=O) groups excluding carboxylic acids is 1. The monoisotopic (exact) mass is 327 g/mol. The number of hydrogen-bond acceptors (Lipinski definition) is 3. The summed E-state index contributed by atoms with van der Waals surface area (Å²) in [5.74, 6) is 0. The molecular formula is C20H29N3O. The van der Waals surface area contributed by atoms with Crippen molar-refractivity contribution in [1.29, 1.82) is 0 Å². The highest BCUT2D eigenvalue weighted by Gasteiger charge is 1.91. The summed E-state index contributed by atoms with van der Waals surface area (Å²) in [5.41, 5.74) is 15.1. The molecule has 0 spiro atoms. The molecule has 0 aromatic heterocycles. The number of allylic oxidation sites excluding steroid dienone is 1. The molecule has 24 heavy (non-hydrogen) atoms. The number of aryl methyl sites for hydroxylation is 1. The van der Waals surface area contributed by atoms with E-state index in [9.17, 15) is 4.79 Å². The van der Waals surface area contributed by atoms with E-state index >= 15 is 0 Å². The summed E-state index contributed by atoms with van der Waals surface area (Å²) in [7, 11) is 0. The van der Waals surface area contributed by atoms with Crippen LogP contribution in [0.3, 0.4) is 0 Å². The average Bonchev–Trinajstić information content (AvgIpc) is 2.59. The van der Waals surface area contributed by atoms with Crippen LogP contribution in [0.4, 0.5) is 11.4 Å². The second-order valence-corrected chi connectivity index (χ2v) is 5.07. The molecule has 0 heterocycles. The fraction of sp³-hybridized carbons (Fsp3) is 0.250. The first-order valence-electron chi connectivity index (χ1n) is 8.00. The first-order chi connectivity index (χ1) is 11.6. The number of nitrogens with two attached hydrogens (primary N) is 2. The standard InChI is InChI=1S/C9H12N2O.C8H11N.C3H6/c10-9-3-1-8(2-4-9)5-6-11-7-12;1-2-7-3-5-8(9)6-4-7;1-3-2/h1-4,7H,5-6,10H2,(H,11,12);3-6H,2,9H2,1H3;3H,1H2,2H3. The van der Waals surface area contributed by atoms with Gasteiger partial charge in [0.25, 0.3) is 0 Å². The van der Waals surface area contributed by atoms with E-state index in [0.29, 0.717) is 13.0 Å². The van der Waals surface area contributed by atoms with E-state index in [1.54, 1.807) is 6.08 Å². The number of nitrogen functional groups attached to an aromatic ring is 2. The third kappa shape index (κ3) is 10.9. The van der Waals surface area contributed by atoms with Gasteiger partial charge >= 0.3 is 0 Å². The average molecular weight is 327 g/mol. The van der Waals surface area contributed by atoms with Crippen molar-refractivity contribution in [3.63, 3.8) is 0 Å². The minimum absolute atomic E-state index is 0.674. The minimum atomic E-state index is 0.674. The Labute approximate surface area is 145 Å². The molecule has 0 aliphatic rings. The lowest BCUT2D eigenvalue weighted by Crippen LogP contribution is -2.14. The van der Waals surface area contributed by atoms with Crippen molar-refractivity contribution in [3.8, 4) is 0 Å². The number of hydrogen-bond donors (Lipinski definition) is 3. The maximum absolute atomic E-state index is 9.92. The van der Waals surface area contributed by atoms with Gasteiger partial charge in [-0.25, -0.2) is 0 Å². The van der Waals surface area contributed by atoms with Crippen LogP contribution in [0.1, 0.15) is 25.0 Å². The molecule has 4 heteroatoms. The van der Waals surface area contributed by atoms with Crippen LogP contribution < -0.4 is 16.8 Å². The summed E-state index contributed by atoms with van der Waals surface area (Å²) in [4.78, 5) is 9.92. The van der Waals surface area contributed by atoms with Crippen LogP contribution >= 0.6 is 0 Å². The molecule has 0 saturated carbocycles. The van der Waals surface area contributed by atoms with Gasteiger partial charge in [-0.05, 0) is 55.2 Å². The molecule has 130 valence electrons. The molecule has 0 aliphatic heterocycles. The number of benzene rings is 2. The van der Waals surface area contributed by atoms with E-state index in [-0.39, 0.29) is 0 Å². The molecule has 0 radical (unpaired) electrons. The first kappa shape index (κ1) is 21.2. The second kappa shape index (κ2) is 13.9. The molecular weight excluding hydrogens is 298 g/mol. The fourth-order valence-corrected chi connectivity index (χ4v) is 1.71. The lowest BCUT2D eigenvalue weighted by molar-refractivity contribution is -0.109. The molecule has 0 unspecified atom stereocenters. The number of nitrogens with one attached hydrogen (secondary N) is 1. The Morgan fingerprint density at radius 3 is 1.75 bits per heavy atom. The summed E-state index contributed by atoms with van der Waals surface area (Å²) >= 11 is 0. The van der Waals surface area contributed by atoms with Gasteiger partial charge in [-0.15, -0.1) is 6.58 Å². The predicted molar refractivity (Wildman–Crippen MR) is 105 cm³/mol. The molecule has 2 aromatic rings. The Morgan fingerprint density at radius 2 is 1.38 bits per heavy atom. The lowest BCUT2D eigenvalue weighted by atomic mass is 10.1. The zero-order chi connectivity index (χ0) is 18.2. The molecule has 0 saturated heterocycles. The van der Waals surface area contributed by atoms with Crippen LogP contribution in [-0.4, -0.2) is 13.0 Å². The van der Waals surface area contributed by atoms with Crippen molar-refractivity contribution in [2.75, 3.05) is 18.0 Å². The van der Waals surface area contributed by atoms with Crippen LogP contribution in [0, 0.1) is 0 Å². The summed E-state index contributed by atoms with van der Waals surface area (Å²) in [6, 6.07) is 15.6. The largest absolute Gasteiger partial charge is 0.399 e. The van der Waals surface area contributed by atoms with Gasteiger partial charge in [-0.1, -0.05) is 37.3 Å².